The molecule has 0 saturated heterocycles. The molecule has 0 aliphatic heterocycles. The maximum Gasteiger partial charge on any atom is 0.238 e. The number of rotatable bonds is 2. The van der Waals surface area contributed by atoms with E-state index in [0.717, 1.165) is 12.1 Å². The summed E-state index contributed by atoms with van der Waals surface area (Å²) in [7, 11) is 0. The number of benzene rings is 1. The van der Waals surface area contributed by atoms with E-state index in [1.54, 1.807) is 0 Å². The summed E-state index contributed by atoms with van der Waals surface area (Å²) in [5.41, 5.74) is 1.97. The first-order valence-electron chi connectivity index (χ1n) is 3.57. The van der Waals surface area contributed by atoms with Crippen LogP contribution < -0.4 is 11.3 Å². The molecule has 3 nitrogen and oxygen atoms in total. The Labute approximate surface area is 73.5 Å². The van der Waals surface area contributed by atoms with Crippen molar-refractivity contribution >= 4 is 5.91 Å². The summed E-state index contributed by atoms with van der Waals surface area (Å²) in [6.07, 6.45) is -0.192. The molecule has 1 aromatic rings. The smallest absolute Gasteiger partial charge is 0.238 e. The summed E-state index contributed by atoms with van der Waals surface area (Å²) in [6, 6.07) is 3.02. The Bertz CT molecular complexity index is 328. The lowest BCUT2D eigenvalue weighted by molar-refractivity contribution is -0.120. The average Bonchev–Trinajstić information content (AvgIpc) is 2.09. The Balaban J connectivity index is 2.83. The minimum atomic E-state index is -0.747. The molecule has 0 aliphatic rings. The van der Waals surface area contributed by atoms with Gasteiger partial charge in [-0.2, -0.15) is 0 Å². The average molecular weight is 186 g/mol. The third-order valence-corrected chi connectivity index (χ3v) is 1.53. The number of hydrogen-bond donors (Lipinski definition) is 2. The van der Waals surface area contributed by atoms with Gasteiger partial charge in [0, 0.05) is 6.07 Å². The topological polar surface area (TPSA) is 55.1 Å². The molecule has 3 N–H and O–H groups in total. The maximum absolute atomic E-state index is 12.9. The van der Waals surface area contributed by atoms with Gasteiger partial charge >= 0.3 is 0 Å². The van der Waals surface area contributed by atoms with Crippen molar-refractivity contribution in [3.63, 3.8) is 0 Å². The fraction of sp³-hybridized carbons (Fsp3) is 0.125. The second kappa shape index (κ2) is 3.95. The van der Waals surface area contributed by atoms with Crippen LogP contribution in [0.5, 0.6) is 0 Å². The molecule has 0 spiro atoms. The van der Waals surface area contributed by atoms with Crippen LogP contribution in [-0.4, -0.2) is 5.91 Å². The van der Waals surface area contributed by atoms with Gasteiger partial charge in [-0.25, -0.2) is 14.6 Å². The van der Waals surface area contributed by atoms with Crippen LogP contribution in [0.4, 0.5) is 8.78 Å². The number of hydrazine groups is 1. The highest BCUT2D eigenvalue weighted by molar-refractivity contribution is 5.77. The lowest BCUT2D eigenvalue weighted by Gasteiger charge is -2.01. The molecular formula is C8H8F2N2O. The van der Waals surface area contributed by atoms with E-state index < -0.39 is 17.5 Å². The van der Waals surface area contributed by atoms with Gasteiger partial charge in [-0.05, 0) is 11.6 Å². The van der Waals surface area contributed by atoms with Crippen molar-refractivity contribution in [3.05, 3.63) is 35.4 Å². The van der Waals surface area contributed by atoms with Crippen LogP contribution in [0.3, 0.4) is 0 Å². The molecule has 0 radical (unpaired) electrons. The van der Waals surface area contributed by atoms with E-state index >= 15 is 0 Å². The van der Waals surface area contributed by atoms with Crippen LogP contribution >= 0.6 is 0 Å². The molecule has 0 bridgehead atoms. The molecule has 5 heteroatoms. The number of nitrogens with one attached hydrogen (secondary N) is 1. The first-order valence-corrected chi connectivity index (χ1v) is 3.57. The normalized spacial score (nSPS) is 9.77. The first-order chi connectivity index (χ1) is 6.13. The molecule has 13 heavy (non-hydrogen) atoms. The highest BCUT2D eigenvalue weighted by Gasteiger charge is 2.07. The highest BCUT2D eigenvalue weighted by Crippen LogP contribution is 2.09. The Morgan fingerprint density at radius 2 is 2.15 bits per heavy atom. The minimum absolute atomic E-state index is 0.115. The zero-order valence-corrected chi connectivity index (χ0v) is 6.68. The molecule has 1 rings (SSSR count). The zero-order chi connectivity index (χ0) is 9.84. The van der Waals surface area contributed by atoms with Gasteiger partial charge in [-0.1, -0.05) is 6.07 Å². The SMILES string of the molecule is NNC(=O)Cc1ccc(F)cc1F. The third-order valence-electron chi connectivity index (χ3n) is 1.53. The molecule has 0 heterocycles. The molecule has 0 unspecified atom stereocenters. The zero-order valence-electron chi connectivity index (χ0n) is 6.68. The van der Waals surface area contributed by atoms with Crippen molar-refractivity contribution in [3.8, 4) is 0 Å². The van der Waals surface area contributed by atoms with Crippen LogP contribution in [0.1, 0.15) is 5.56 Å². The predicted molar refractivity (Wildman–Crippen MR) is 42.4 cm³/mol. The van der Waals surface area contributed by atoms with Gasteiger partial charge in [0.1, 0.15) is 11.6 Å². The van der Waals surface area contributed by atoms with Crippen molar-refractivity contribution < 1.29 is 13.6 Å². The van der Waals surface area contributed by atoms with E-state index in [1.807, 2.05) is 5.43 Å². The Kier molecular flexibility index (Phi) is 2.92. The van der Waals surface area contributed by atoms with Crippen LogP contribution in [0.2, 0.25) is 0 Å². The van der Waals surface area contributed by atoms with E-state index in [2.05, 4.69) is 0 Å². The summed E-state index contributed by atoms with van der Waals surface area (Å²) in [4.78, 5) is 10.7. The fourth-order valence-corrected chi connectivity index (χ4v) is 0.889. The van der Waals surface area contributed by atoms with Crippen molar-refractivity contribution in [2.24, 2.45) is 5.84 Å². The van der Waals surface area contributed by atoms with Gasteiger partial charge in [-0.15, -0.1) is 0 Å². The largest absolute Gasteiger partial charge is 0.294 e. The second-order valence-corrected chi connectivity index (χ2v) is 2.48. The summed E-state index contributed by atoms with van der Waals surface area (Å²) in [5, 5.41) is 0. The molecule has 0 atom stereocenters. The third kappa shape index (κ3) is 2.48. The van der Waals surface area contributed by atoms with E-state index in [1.165, 1.54) is 6.07 Å². The first kappa shape index (κ1) is 9.60. The molecule has 0 aromatic heterocycles. The van der Waals surface area contributed by atoms with Crippen molar-refractivity contribution in [1.29, 1.82) is 0 Å². The molecule has 0 saturated carbocycles. The van der Waals surface area contributed by atoms with E-state index in [-0.39, 0.29) is 12.0 Å². The summed E-state index contributed by atoms with van der Waals surface area (Å²) >= 11 is 0. The number of carbonyl (C=O) groups is 1. The van der Waals surface area contributed by atoms with Crippen LogP contribution in [0.25, 0.3) is 0 Å². The van der Waals surface area contributed by atoms with E-state index in [0.29, 0.717) is 0 Å². The Hall–Kier alpha value is -1.49. The molecule has 0 aliphatic carbocycles. The Morgan fingerprint density at radius 1 is 1.46 bits per heavy atom. The number of hydrogen-bond acceptors (Lipinski definition) is 2. The van der Waals surface area contributed by atoms with Crippen LogP contribution in [-0.2, 0) is 11.2 Å². The van der Waals surface area contributed by atoms with Crippen LogP contribution in [0, 0.1) is 11.6 Å². The molecule has 0 fully saturated rings. The van der Waals surface area contributed by atoms with E-state index in [9.17, 15) is 13.6 Å². The van der Waals surface area contributed by atoms with E-state index in [4.69, 9.17) is 5.84 Å². The van der Waals surface area contributed by atoms with Gasteiger partial charge in [0.15, 0.2) is 0 Å². The van der Waals surface area contributed by atoms with Gasteiger partial charge < -0.3 is 0 Å². The maximum atomic E-state index is 12.9. The fourth-order valence-electron chi connectivity index (χ4n) is 0.889. The van der Waals surface area contributed by atoms with Crippen molar-refractivity contribution in [1.82, 2.24) is 5.43 Å². The lowest BCUT2D eigenvalue weighted by Crippen LogP contribution is -2.31. The van der Waals surface area contributed by atoms with Gasteiger partial charge in [0.25, 0.3) is 0 Å². The standard InChI is InChI=1S/C8H8F2N2O/c9-6-2-1-5(7(10)4-6)3-8(13)12-11/h1-2,4H,3,11H2,(H,12,13). The number of carbonyl (C=O) groups excluding carboxylic acids is 1. The van der Waals surface area contributed by atoms with Crippen molar-refractivity contribution in [2.45, 2.75) is 6.42 Å². The van der Waals surface area contributed by atoms with Gasteiger partial charge in [0.2, 0.25) is 5.91 Å². The molecular weight excluding hydrogens is 178 g/mol. The monoisotopic (exact) mass is 186 g/mol. The van der Waals surface area contributed by atoms with Gasteiger partial charge in [-0.3, -0.25) is 10.2 Å². The number of nitrogens with two attached hydrogens (primary N) is 1. The minimum Gasteiger partial charge on any atom is -0.294 e. The lowest BCUT2D eigenvalue weighted by atomic mass is 10.1. The second-order valence-electron chi connectivity index (χ2n) is 2.48. The van der Waals surface area contributed by atoms with Crippen LogP contribution in [0.15, 0.2) is 18.2 Å². The molecule has 1 amide bonds. The number of amides is 1. The molecule has 1 aromatic carbocycles. The summed E-state index contributed by atoms with van der Waals surface area (Å²) in [6.45, 7) is 0. The quantitative estimate of drug-likeness (QED) is 0.401. The summed E-state index contributed by atoms with van der Waals surface area (Å²) in [5.74, 6) is 2.86. The number of halogens is 2. The Morgan fingerprint density at radius 3 is 2.69 bits per heavy atom. The van der Waals surface area contributed by atoms with Crippen molar-refractivity contribution in [2.75, 3.05) is 0 Å². The summed E-state index contributed by atoms with van der Waals surface area (Å²) < 4.78 is 25.3. The van der Waals surface area contributed by atoms with Gasteiger partial charge in [0.05, 0.1) is 6.42 Å². The predicted octanol–water partition coefficient (Wildman–Crippen LogP) is 0.497. The highest BCUT2D eigenvalue weighted by atomic mass is 19.1. The molecule has 70 valence electrons.